The number of anilines is 1. The third-order valence-electron chi connectivity index (χ3n) is 2.04. The molecular formula is C10H14N2O2. The second-order valence-corrected chi connectivity index (χ2v) is 3.22. The number of nitrogen functional groups attached to an aromatic ring is 1. The number of carboxylic acids is 1. The topological polar surface area (TPSA) is 89.3 Å². The second-order valence-electron chi connectivity index (χ2n) is 3.22. The van der Waals surface area contributed by atoms with E-state index in [0.29, 0.717) is 18.5 Å². The van der Waals surface area contributed by atoms with Crippen LogP contribution in [0.1, 0.15) is 12.0 Å². The molecule has 1 rings (SSSR count). The van der Waals surface area contributed by atoms with E-state index in [4.69, 9.17) is 16.6 Å². The van der Waals surface area contributed by atoms with Crippen LogP contribution >= 0.6 is 0 Å². The summed E-state index contributed by atoms with van der Waals surface area (Å²) >= 11 is 0. The molecule has 0 aliphatic heterocycles. The monoisotopic (exact) mass is 194 g/mol. The maximum absolute atomic E-state index is 10.4. The number of benzene rings is 1. The molecule has 0 radical (unpaired) electrons. The first-order chi connectivity index (χ1) is 6.59. The zero-order chi connectivity index (χ0) is 10.6. The van der Waals surface area contributed by atoms with Crippen molar-refractivity contribution in [1.29, 1.82) is 0 Å². The minimum absolute atomic E-state index is 0.444. The van der Waals surface area contributed by atoms with Crippen molar-refractivity contribution in [3.63, 3.8) is 0 Å². The quantitative estimate of drug-likeness (QED) is 0.613. The van der Waals surface area contributed by atoms with E-state index in [2.05, 4.69) is 0 Å². The van der Waals surface area contributed by atoms with E-state index >= 15 is 0 Å². The average Bonchev–Trinajstić information content (AvgIpc) is 2.16. The van der Waals surface area contributed by atoms with Crippen LogP contribution in [-0.4, -0.2) is 17.1 Å². The Hall–Kier alpha value is -1.55. The molecule has 0 aromatic heterocycles. The smallest absolute Gasteiger partial charge is 0.320 e. The molecule has 0 amide bonds. The standard InChI is InChI=1S/C10H14N2O2/c11-8-4-1-7(2-5-8)3-6-9(12)10(13)14/h1-2,4-5,9H,3,6,11-12H2,(H,13,14)/t9-/m0/s1. The zero-order valence-electron chi connectivity index (χ0n) is 7.81. The van der Waals surface area contributed by atoms with Crippen LogP contribution in [0, 0.1) is 0 Å². The van der Waals surface area contributed by atoms with Gasteiger partial charge in [0, 0.05) is 5.69 Å². The van der Waals surface area contributed by atoms with Crippen LogP contribution in [0.4, 0.5) is 5.69 Å². The summed E-state index contributed by atoms with van der Waals surface area (Å²) in [5.41, 5.74) is 12.6. The van der Waals surface area contributed by atoms with Gasteiger partial charge in [-0.2, -0.15) is 0 Å². The van der Waals surface area contributed by atoms with Gasteiger partial charge in [-0.3, -0.25) is 4.79 Å². The van der Waals surface area contributed by atoms with Crippen molar-refractivity contribution in [3.8, 4) is 0 Å². The molecule has 0 saturated heterocycles. The number of nitrogens with two attached hydrogens (primary N) is 2. The Morgan fingerprint density at radius 3 is 2.43 bits per heavy atom. The third-order valence-corrected chi connectivity index (χ3v) is 2.04. The Balaban J connectivity index is 2.46. The Labute approximate surface area is 82.5 Å². The lowest BCUT2D eigenvalue weighted by Crippen LogP contribution is -2.30. The largest absolute Gasteiger partial charge is 0.480 e. The molecule has 5 N–H and O–H groups in total. The predicted molar refractivity (Wildman–Crippen MR) is 54.8 cm³/mol. The van der Waals surface area contributed by atoms with E-state index in [1.165, 1.54) is 0 Å². The first kappa shape index (κ1) is 10.5. The minimum atomic E-state index is -0.958. The van der Waals surface area contributed by atoms with E-state index in [-0.39, 0.29) is 0 Å². The van der Waals surface area contributed by atoms with Crippen LogP contribution < -0.4 is 11.5 Å². The molecule has 4 nitrogen and oxygen atoms in total. The van der Waals surface area contributed by atoms with Gasteiger partial charge in [-0.15, -0.1) is 0 Å². The molecule has 0 spiro atoms. The molecule has 0 aliphatic rings. The van der Waals surface area contributed by atoms with E-state index < -0.39 is 12.0 Å². The van der Waals surface area contributed by atoms with Gasteiger partial charge in [-0.25, -0.2) is 0 Å². The Morgan fingerprint density at radius 1 is 1.36 bits per heavy atom. The van der Waals surface area contributed by atoms with Crippen molar-refractivity contribution in [3.05, 3.63) is 29.8 Å². The molecule has 1 atom stereocenters. The van der Waals surface area contributed by atoms with Crippen molar-refractivity contribution < 1.29 is 9.90 Å². The lowest BCUT2D eigenvalue weighted by Gasteiger charge is -2.05. The second kappa shape index (κ2) is 4.62. The summed E-state index contributed by atoms with van der Waals surface area (Å²) in [6.45, 7) is 0. The van der Waals surface area contributed by atoms with Gasteiger partial charge in [-0.1, -0.05) is 12.1 Å². The summed E-state index contributed by atoms with van der Waals surface area (Å²) in [7, 11) is 0. The van der Waals surface area contributed by atoms with Crippen LogP contribution in [-0.2, 0) is 11.2 Å². The van der Waals surface area contributed by atoms with Gasteiger partial charge in [0.15, 0.2) is 0 Å². The molecule has 4 heteroatoms. The van der Waals surface area contributed by atoms with Gasteiger partial charge in [0.05, 0.1) is 0 Å². The van der Waals surface area contributed by atoms with Gasteiger partial charge >= 0.3 is 5.97 Å². The first-order valence-electron chi connectivity index (χ1n) is 4.42. The fourth-order valence-electron chi connectivity index (χ4n) is 1.13. The van der Waals surface area contributed by atoms with E-state index in [1.54, 1.807) is 12.1 Å². The summed E-state index contributed by atoms with van der Waals surface area (Å²) < 4.78 is 0. The minimum Gasteiger partial charge on any atom is -0.480 e. The van der Waals surface area contributed by atoms with E-state index in [9.17, 15) is 4.79 Å². The van der Waals surface area contributed by atoms with Crippen LogP contribution in [0.3, 0.4) is 0 Å². The molecule has 0 heterocycles. The van der Waals surface area contributed by atoms with E-state index in [1.807, 2.05) is 12.1 Å². The molecule has 0 aliphatic carbocycles. The molecule has 14 heavy (non-hydrogen) atoms. The SMILES string of the molecule is Nc1ccc(CC[C@H](N)C(=O)O)cc1. The van der Waals surface area contributed by atoms with Crippen LogP contribution in [0.25, 0.3) is 0 Å². The summed E-state index contributed by atoms with van der Waals surface area (Å²) in [6.07, 6.45) is 1.10. The number of rotatable bonds is 4. The Bertz CT molecular complexity index is 308. The lowest BCUT2D eigenvalue weighted by atomic mass is 10.1. The summed E-state index contributed by atoms with van der Waals surface area (Å²) in [6, 6.07) is 6.56. The molecular weight excluding hydrogens is 180 g/mol. The van der Waals surface area contributed by atoms with Gasteiger partial charge in [0.25, 0.3) is 0 Å². The number of carboxylic acid groups (broad SMARTS) is 1. The lowest BCUT2D eigenvalue weighted by molar-refractivity contribution is -0.138. The molecule has 1 aromatic rings. The Morgan fingerprint density at radius 2 is 1.93 bits per heavy atom. The molecule has 0 bridgehead atoms. The van der Waals surface area contributed by atoms with Crippen LogP contribution in [0.5, 0.6) is 0 Å². The van der Waals surface area contributed by atoms with Crippen molar-refractivity contribution in [1.82, 2.24) is 0 Å². The zero-order valence-corrected chi connectivity index (χ0v) is 7.81. The molecule has 1 aromatic carbocycles. The maximum Gasteiger partial charge on any atom is 0.320 e. The van der Waals surface area contributed by atoms with E-state index in [0.717, 1.165) is 5.56 Å². The summed E-state index contributed by atoms with van der Waals surface area (Å²) in [4.78, 5) is 10.4. The maximum atomic E-state index is 10.4. The van der Waals surface area contributed by atoms with Crippen molar-refractivity contribution >= 4 is 11.7 Å². The van der Waals surface area contributed by atoms with Crippen LogP contribution in [0.15, 0.2) is 24.3 Å². The number of hydrogen-bond acceptors (Lipinski definition) is 3. The highest BCUT2D eigenvalue weighted by Gasteiger charge is 2.10. The summed E-state index contributed by atoms with van der Waals surface area (Å²) in [5.74, 6) is -0.958. The van der Waals surface area contributed by atoms with Gasteiger partial charge in [0.2, 0.25) is 0 Å². The first-order valence-corrected chi connectivity index (χ1v) is 4.42. The van der Waals surface area contributed by atoms with Gasteiger partial charge in [0.1, 0.15) is 6.04 Å². The molecule has 0 fully saturated rings. The molecule has 76 valence electrons. The number of aliphatic carboxylic acids is 1. The number of hydrogen-bond donors (Lipinski definition) is 3. The predicted octanol–water partition coefficient (Wildman–Crippen LogP) is 0.613. The molecule has 0 saturated carbocycles. The summed E-state index contributed by atoms with van der Waals surface area (Å²) in [5, 5.41) is 8.56. The highest BCUT2D eigenvalue weighted by atomic mass is 16.4. The van der Waals surface area contributed by atoms with Crippen molar-refractivity contribution in [2.45, 2.75) is 18.9 Å². The highest BCUT2D eigenvalue weighted by Crippen LogP contribution is 2.08. The number of aryl methyl sites for hydroxylation is 1. The normalized spacial score (nSPS) is 12.4. The van der Waals surface area contributed by atoms with Gasteiger partial charge in [-0.05, 0) is 30.5 Å². The van der Waals surface area contributed by atoms with Crippen LogP contribution in [0.2, 0.25) is 0 Å². The molecule has 0 unspecified atom stereocenters. The van der Waals surface area contributed by atoms with Crippen molar-refractivity contribution in [2.24, 2.45) is 5.73 Å². The fraction of sp³-hybridized carbons (Fsp3) is 0.300. The number of carbonyl (C=O) groups is 1. The third kappa shape index (κ3) is 3.06. The van der Waals surface area contributed by atoms with Gasteiger partial charge < -0.3 is 16.6 Å². The average molecular weight is 194 g/mol. The fourth-order valence-corrected chi connectivity index (χ4v) is 1.13. The Kier molecular flexibility index (Phi) is 3.48. The highest BCUT2D eigenvalue weighted by molar-refractivity contribution is 5.73. The van der Waals surface area contributed by atoms with Crippen molar-refractivity contribution in [2.75, 3.05) is 5.73 Å².